The van der Waals surface area contributed by atoms with Crippen LogP contribution >= 0.6 is 0 Å². The molecule has 59 heavy (non-hydrogen) atoms. The molecule has 0 saturated heterocycles. The number of rotatable bonds is 6. The molecule has 0 aliphatic carbocycles. The van der Waals surface area contributed by atoms with Gasteiger partial charge in [0.25, 0.3) is 0 Å². The van der Waals surface area contributed by atoms with Gasteiger partial charge in [0.1, 0.15) is 0 Å². The first-order valence-electron chi connectivity index (χ1n) is 20.4. The van der Waals surface area contributed by atoms with Crippen molar-refractivity contribution in [2.75, 3.05) is 0 Å². The summed E-state index contributed by atoms with van der Waals surface area (Å²) < 4.78 is 0. The minimum Gasteiger partial charge on any atom is -0.354 e. The first-order valence-corrected chi connectivity index (χ1v) is 20.4. The summed E-state index contributed by atoms with van der Waals surface area (Å²) in [5.41, 5.74) is 20.5. The van der Waals surface area contributed by atoms with E-state index in [1.165, 1.54) is 27.8 Å². The molecule has 1 aromatic heterocycles. The standard InChI is InChI=1S/C55H44N4/c1-34-10-18-39(19-11-34)51-44-33-56-55(43(44)32-38-8-6-5-7-9-38)54(42-24-16-37(4)17-25-42)50-31-30-49(59-50)53(41-22-14-36(3)15-23-41)48-29-28-47(58-48)52(46-27-26-45(51)57-46)40-20-12-35(2)13-21-40/h5-31,33,43,58H,32H2,1-4H3. The number of nitrogens with zero attached hydrogens (tertiary/aromatic N) is 3. The zero-order valence-corrected chi connectivity index (χ0v) is 33.8. The topological polar surface area (TPSA) is 52.9 Å². The normalized spacial score (nSPS) is 17.1. The maximum Gasteiger partial charge on any atom is 0.0737 e. The summed E-state index contributed by atoms with van der Waals surface area (Å²) in [6.07, 6.45) is 11.6. The Morgan fingerprint density at radius 1 is 0.441 bits per heavy atom. The number of aromatic amines is 1. The van der Waals surface area contributed by atoms with Gasteiger partial charge in [0.2, 0.25) is 0 Å². The number of aryl methyl sites for hydroxylation is 4. The lowest BCUT2D eigenvalue weighted by Gasteiger charge is -2.24. The lowest BCUT2D eigenvalue weighted by Crippen LogP contribution is -2.21. The number of allylic oxidation sites excluding steroid dienone is 7. The Morgan fingerprint density at radius 3 is 1.34 bits per heavy atom. The van der Waals surface area contributed by atoms with Gasteiger partial charge in [-0.1, -0.05) is 150 Å². The zero-order chi connectivity index (χ0) is 40.0. The molecule has 4 aliphatic heterocycles. The number of fused-ring (bicyclic) bond motifs is 6. The Hall–Kier alpha value is -7.17. The first-order chi connectivity index (χ1) is 28.9. The molecule has 1 unspecified atom stereocenters. The molecule has 1 N–H and O–H groups in total. The van der Waals surface area contributed by atoms with Gasteiger partial charge in [0, 0.05) is 45.1 Å². The number of benzene rings is 5. The molecule has 8 bridgehead atoms. The van der Waals surface area contributed by atoms with Crippen molar-refractivity contribution in [1.29, 1.82) is 0 Å². The fraction of sp³-hybridized carbons (Fsp3) is 0.109. The second-order valence-corrected chi connectivity index (χ2v) is 16.0. The van der Waals surface area contributed by atoms with Crippen molar-refractivity contribution >= 4 is 39.4 Å². The van der Waals surface area contributed by atoms with Crippen molar-refractivity contribution in [2.45, 2.75) is 34.1 Å². The van der Waals surface area contributed by atoms with Crippen LogP contribution in [-0.4, -0.2) is 22.1 Å². The highest BCUT2D eigenvalue weighted by Gasteiger charge is 2.35. The molecule has 0 saturated carbocycles. The van der Waals surface area contributed by atoms with E-state index >= 15 is 0 Å². The third-order valence-corrected chi connectivity index (χ3v) is 11.8. The van der Waals surface area contributed by atoms with E-state index in [1.807, 2.05) is 0 Å². The molecular formula is C55H44N4. The van der Waals surface area contributed by atoms with E-state index in [-0.39, 0.29) is 5.92 Å². The van der Waals surface area contributed by atoms with E-state index in [2.05, 4.69) is 203 Å². The molecule has 284 valence electrons. The van der Waals surface area contributed by atoms with E-state index in [1.54, 1.807) is 0 Å². The fourth-order valence-electron chi connectivity index (χ4n) is 8.62. The van der Waals surface area contributed by atoms with Gasteiger partial charge in [0.05, 0.1) is 28.5 Å². The zero-order valence-electron chi connectivity index (χ0n) is 33.8. The average molecular weight is 761 g/mol. The molecule has 0 spiro atoms. The number of hydrogen-bond donors (Lipinski definition) is 1. The summed E-state index contributed by atoms with van der Waals surface area (Å²) in [7, 11) is 0. The number of nitrogens with one attached hydrogen (secondary N) is 1. The molecule has 0 radical (unpaired) electrons. The molecule has 4 nitrogen and oxygen atoms in total. The summed E-state index contributed by atoms with van der Waals surface area (Å²) in [6, 6.07) is 50.4. The Morgan fingerprint density at radius 2 is 0.864 bits per heavy atom. The molecule has 1 atom stereocenters. The van der Waals surface area contributed by atoms with Crippen molar-refractivity contribution in [3.05, 3.63) is 248 Å². The molecule has 5 heterocycles. The molecular weight excluding hydrogens is 717 g/mol. The van der Waals surface area contributed by atoms with Crippen LogP contribution in [0.25, 0.3) is 22.3 Å². The summed E-state index contributed by atoms with van der Waals surface area (Å²) in [5, 5.41) is 1.98. The summed E-state index contributed by atoms with van der Waals surface area (Å²) >= 11 is 0. The van der Waals surface area contributed by atoms with Crippen LogP contribution in [-0.2, 0) is 6.42 Å². The summed E-state index contributed by atoms with van der Waals surface area (Å²) in [4.78, 5) is 20.4. The number of hydrogen-bond acceptors (Lipinski definition) is 3. The van der Waals surface area contributed by atoms with Crippen LogP contribution in [0.15, 0.2) is 202 Å². The second kappa shape index (κ2) is 15.0. The Labute approximate surface area is 345 Å². The highest BCUT2D eigenvalue weighted by molar-refractivity contribution is 6.34. The van der Waals surface area contributed by atoms with Gasteiger partial charge in [-0.25, -0.2) is 9.98 Å². The highest BCUT2D eigenvalue weighted by atomic mass is 14.8. The van der Waals surface area contributed by atoms with Crippen molar-refractivity contribution in [2.24, 2.45) is 20.9 Å². The highest BCUT2D eigenvalue weighted by Crippen LogP contribution is 2.43. The Bertz CT molecular complexity index is 2840. The third-order valence-electron chi connectivity index (χ3n) is 11.8. The number of aliphatic imine (C=N–C) groups is 3. The van der Waals surface area contributed by atoms with Gasteiger partial charge < -0.3 is 4.98 Å². The Kier molecular flexibility index (Phi) is 9.18. The monoisotopic (exact) mass is 760 g/mol. The molecule has 4 heteroatoms. The van der Waals surface area contributed by atoms with Crippen molar-refractivity contribution in [1.82, 2.24) is 4.98 Å². The second-order valence-electron chi connectivity index (χ2n) is 16.0. The summed E-state index contributed by atoms with van der Waals surface area (Å²) in [5.74, 6) is -0.0810. The smallest absolute Gasteiger partial charge is 0.0737 e. The van der Waals surface area contributed by atoms with Gasteiger partial charge >= 0.3 is 0 Å². The van der Waals surface area contributed by atoms with Gasteiger partial charge in [-0.3, -0.25) is 4.99 Å². The number of H-pyrrole nitrogens is 1. The molecule has 0 fully saturated rings. The van der Waals surface area contributed by atoms with Crippen LogP contribution in [0.4, 0.5) is 0 Å². The van der Waals surface area contributed by atoms with Crippen LogP contribution in [0, 0.1) is 33.6 Å². The molecule has 4 aliphatic rings. The molecule has 5 aromatic carbocycles. The molecule has 6 aromatic rings. The van der Waals surface area contributed by atoms with Crippen LogP contribution in [0.2, 0.25) is 0 Å². The van der Waals surface area contributed by atoms with E-state index in [0.717, 1.165) is 95.8 Å². The van der Waals surface area contributed by atoms with E-state index in [9.17, 15) is 0 Å². The van der Waals surface area contributed by atoms with E-state index < -0.39 is 0 Å². The molecule has 0 amide bonds. The quantitative estimate of drug-likeness (QED) is 0.176. The lowest BCUT2D eigenvalue weighted by molar-refractivity contribution is 0.837. The van der Waals surface area contributed by atoms with Crippen molar-refractivity contribution in [3.8, 4) is 0 Å². The maximum absolute atomic E-state index is 5.57. The van der Waals surface area contributed by atoms with Gasteiger partial charge in [-0.15, -0.1) is 0 Å². The number of aromatic nitrogens is 1. The lowest BCUT2D eigenvalue weighted by atomic mass is 9.79. The van der Waals surface area contributed by atoms with E-state index in [4.69, 9.17) is 15.0 Å². The van der Waals surface area contributed by atoms with Gasteiger partial charge in [-0.2, -0.15) is 0 Å². The fourth-order valence-corrected chi connectivity index (χ4v) is 8.62. The summed E-state index contributed by atoms with van der Waals surface area (Å²) in [6.45, 7) is 8.53. The van der Waals surface area contributed by atoms with Crippen molar-refractivity contribution in [3.63, 3.8) is 0 Å². The van der Waals surface area contributed by atoms with Crippen LogP contribution in [0.3, 0.4) is 0 Å². The Balaban J connectivity index is 1.32. The maximum atomic E-state index is 5.57. The SMILES string of the molecule is Cc1ccc(C2=C3C=CC(=N3)C(c3ccc(C)cc3)=c3ccc([nH]3)=C(c3ccc(C)cc3)C3=NC(=C(c4ccc(C)cc4)C4=NC=C2C4Cc2ccccc2)C=C3)cc1. The van der Waals surface area contributed by atoms with E-state index in [0.29, 0.717) is 0 Å². The van der Waals surface area contributed by atoms with Crippen LogP contribution in [0.1, 0.15) is 50.1 Å². The average Bonchev–Trinajstić information content (AvgIpc) is 4.09. The largest absolute Gasteiger partial charge is 0.354 e. The predicted molar refractivity (Wildman–Crippen MR) is 246 cm³/mol. The van der Waals surface area contributed by atoms with Crippen LogP contribution < -0.4 is 10.7 Å². The van der Waals surface area contributed by atoms with Gasteiger partial charge in [-0.05, 0) is 104 Å². The van der Waals surface area contributed by atoms with Gasteiger partial charge in [0.15, 0.2) is 0 Å². The predicted octanol–water partition coefficient (Wildman–Crippen LogP) is 10.7. The molecule has 10 rings (SSSR count). The third kappa shape index (κ3) is 6.87. The van der Waals surface area contributed by atoms with Crippen molar-refractivity contribution < 1.29 is 0 Å². The first kappa shape index (κ1) is 36.2. The minimum atomic E-state index is -0.0810. The minimum absolute atomic E-state index is 0.0810. The van der Waals surface area contributed by atoms with Crippen LogP contribution in [0.5, 0.6) is 0 Å².